The van der Waals surface area contributed by atoms with Crippen molar-refractivity contribution in [2.75, 3.05) is 13.1 Å². The number of amides is 1. The van der Waals surface area contributed by atoms with E-state index in [1.165, 1.54) is 0 Å². The molecule has 8 nitrogen and oxygen atoms in total. The molecular formula is C13H24N2O6. The number of carboxylic acids is 2. The fourth-order valence-electron chi connectivity index (χ4n) is 2.34. The lowest BCUT2D eigenvalue weighted by molar-refractivity contribution is -0.159. The molecule has 1 aliphatic heterocycles. The fourth-order valence-corrected chi connectivity index (χ4v) is 2.34. The van der Waals surface area contributed by atoms with Crippen LogP contribution < -0.4 is 10.6 Å². The van der Waals surface area contributed by atoms with Crippen LogP contribution in [-0.2, 0) is 9.59 Å². The Morgan fingerprint density at radius 2 is 1.67 bits per heavy atom. The summed E-state index contributed by atoms with van der Waals surface area (Å²) in [6, 6.07) is 0.0304. The van der Waals surface area contributed by atoms with Crippen LogP contribution in [0, 0.1) is 11.3 Å². The third-order valence-electron chi connectivity index (χ3n) is 3.20. The first-order chi connectivity index (χ1) is 9.55. The van der Waals surface area contributed by atoms with Gasteiger partial charge >= 0.3 is 18.0 Å². The molecule has 1 fully saturated rings. The van der Waals surface area contributed by atoms with Crippen LogP contribution in [0.4, 0.5) is 4.79 Å². The van der Waals surface area contributed by atoms with Gasteiger partial charge in [-0.3, -0.25) is 0 Å². The van der Waals surface area contributed by atoms with Gasteiger partial charge in [0.1, 0.15) is 0 Å². The van der Waals surface area contributed by atoms with Crippen molar-refractivity contribution in [3.63, 3.8) is 0 Å². The highest BCUT2D eigenvalue weighted by Crippen LogP contribution is 2.28. The zero-order chi connectivity index (χ0) is 16.6. The molecule has 0 aromatic rings. The molecule has 5 N–H and O–H groups in total. The molecule has 122 valence electrons. The highest BCUT2D eigenvalue weighted by molar-refractivity contribution is 6.27. The number of nitrogens with one attached hydrogen (secondary N) is 2. The Balaban J connectivity index is 0.000000567. The van der Waals surface area contributed by atoms with Crippen molar-refractivity contribution in [1.29, 1.82) is 0 Å². The monoisotopic (exact) mass is 304 g/mol. The first kappa shape index (κ1) is 19.2. The van der Waals surface area contributed by atoms with Crippen molar-refractivity contribution in [1.82, 2.24) is 10.6 Å². The van der Waals surface area contributed by atoms with E-state index >= 15 is 0 Å². The van der Waals surface area contributed by atoms with Crippen molar-refractivity contribution >= 4 is 18.0 Å². The molecule has 0 saturated carbocycles. The second-order valence-electron chi connectivity index (χ2n) is 6.01. The molecule has 1 rings (SSSR count). The highest BCUT2D eigenvalue weighted by Gasteiger charge is 2.34. The molecule has 0 aromatic carbocycles. The summed E-state index contributed by atoms with van der Waals surface area (Å²) in [6.07, 6.45) is 1.33. The molecule has 0 radical (unpaired) electrons. The lowest BCUT2D eigenvalue weighted by Crippen LogP contribution is -2.52. The van der Waals surface area contributed by atoms with E-state index in [0.29, 0.717) is 5.92 Å². The third-order valence-corrected chi connectivity index (χ3v) is 3.20. The summed E-state index contributed by atoms with van der Waals surface area (Å²) in [5.41, 5.74) is -0.0257. The predicted octanol–water partition coefficient (Wildman–Crippen LogP) is 0.824. The van der Waals surface area contributed by atoms with E-state index in [1.807, 2.05) is 0 Å². The van der Waals surface area contributed by atoms with Gasteiger partial charge in [0.05, 0.1) is 0 Å². The number of carbonyl (C=O) groups is 3. The van der Waals surface area contributed by atoms with Crippen LogP contribution in [0.1, 0.15) is 33.6 Å². The molecule has 0 aliphatic carbocycles. The summed E-state index contributed by atoms with van der Waals surface area (Å²) in [5, 5.41) is 29.6. The Bertz CT molecular complexity index is 359. The van der Waals surface area contributed by atoms with E-state index in [-0.39, 0.29) is 11.5 Å². The quantitative estimate of drug-likeness (QED) is 0.476. The zero-order valence-corrected chi connectivity index (χ0v) is 12.5. The molecule has 0 bridgehead atoms. The second-order valence-corrected chi connectivity index (χ2v) is 6.01. The van der Waals surface area contributed by atoms with Gasteiger partial charge in [-0.2, -0.15) is 0 Å². The molecule has 1 saturated heterocycles. The smallest absolute Gasteiger partial charge is 0.414 e. The Kier molecular flexibility index (Phi) is 7.72. The van der Waals surface area contributed by atoms with Gasteiger partial charge in [0, 0.05) is 6.04 Å². The summed E-state index contributed by atoms with van der Waals surface area (Å²) in [5.74, 6) is -3.24. The van der Waals surface area contributed by atoms with Gasteiger partial charge in [-0.1, -0.05) is 20.8 Å². The standard InChI is InChI=1S/C11H22N2O2.C2H2O4/c1-11(2,3)9(13-10(14)15)8-5-4-6-12-7-8;3-1(4)2(5)6/h8-9,12-13H,4-7H2,1-3H3,(H,14,15);(H,3,4)(H,5,6)/t8-,9?;/m1./s1. The first-order valence-corrected chi connectivity index (χ1v) is 6.72. The summed E-state index contributed by atoms with van der Waals surface area (Å²) >= 11 is 0. The molecule has 21 heavy (non-hydrogen) atoms. The maximum Gasteiger partial charge on any atom is 0.414 e. The van der Waals surface area contributed by atoms with Crippen molar-refractivity contribution in [3.05, 3.63) is 0 Å². The van der Waals surface area contributed by atoms with Gasteiger partial charge in [-0.25, -0.2) is 14.4 Å². The Morgan fingerprint density at radius 3 is 1.95 bits per heavy atom. The Morgan fingerprint density at radius 1 is 1.14 bits per heavy atom. The number of carboxylic acid groups (broad SMARTS) is 3. The highest BCUT2D eigenvalue weighted by atomic mass is 16.4. The topological polar surface area (TPSA) is 136 Å². The van der Waals surface area contributed by atoms with E-state index in [1.54, 1.807) is 0 Å². The molecule has 1 unspecified atom stereocenters. The van der Waals surface area contributed by atoms with Crippen LogP contribution in [-0.4, -0.2) is 52.5 Å². The Hall–Kier alpha value is -1.83. The third kappa shape index (κ3) is 8.13. The lowest BCUT2D eigenvalue weighted by Gasteiger charge is -2.39. The van der Waals surface area contributed by atoms with E-state index in [2.05, 4.69) is 31.4 Å². The Labute approximate surface area is 123 Å². The van der Waals surface area contributed by atoms with Crippen LogP contribution in [0.3, 0.4) is 0 Å². The van der Waals surface area contributed by atoms with Crippen molar-refractivity contribution < 1.29 is 29.7 Å². The fraction of sp³-hybridized carbons (Fsp3) is 0.769. The van der Waals surface area contributed by atoms with Crippen LogP contribution in [0.15, 0.2) is 0 Å². The molecule has 1 heterocycles. The minimum Gasteiger partial charge on any atom is -0.473 e. The van der Waals surface area contributed by atoms with Gasteiger partial charge in [-0.05, 0) is 37.3 Å². The minimum absolute atomic E-state index is 0.0257. The number of aliphatic carboxylic acids is 2. The summed E-state index contributed by atoms with van der Waals surface area (Å²) in [6.45, 7) is 8.23. The molecule has 0 spiro atoms. The summed E-state index contributed by atoms with van der Waals surface area (Å²) in [7, 11) is 0. The minimum atomic E-state index is -1.82. The van der Waals surface area contributed by atoms with E-state index < -0.39 is 18.0 Å². The van der Waals surface area contributed by atoms with Gasteiger partial charge in [0.15, 0.2) is 0 Å². The number of rotatable bonds is 2. The van der Waals surface area contributed by atoms with E-state index in [0.717, 1.165) is 25.9 Å². The number of hydrogen-bond acceptors (Lipinski definition) is 4. The molecular weight excluding hydrogens is 280 g/mol. The lowest BCUT2D eigenvalue weighted by atomic mass is 9.76. The van der Waals surface area contributed by atoms with Crippen molar-refractivity contribution in [2.24, 2.45) is 11.3 Å². The van der Waals surface area contributed by atoms with E-state index in [4.69, 9.17) is 24.9 Å². The van der Waals surface area contributed by atoms with Gasteiger partial charge in [-0.15, -0.1) is 0 Å². The molecule has 1 amide bonds. The zero-order valence-electron chi connectivity index (χ0n) is 12.5. The molecule has 2 atom stereocenters. The summed E-state index contributed by atoms with van der Waals surface area (Å²) in [4.78, 5) is 29.0. The van der Waals surface area contributed by atoms with Crippen LogP contribution in [0.2, 0.25) is 0 Å². The molecule has 0 aromatic heterocycles. The van der Waals surface area contributed by atoms with Crippen LogP contribution in [0.25, 0.3) is 0 Å². The SMILES string of the molecule is CC(C)(C)C(NC(=O)O)[C@@H]1CCCNC1.O=C(O)C(=O)O. The molecule has 1 aliphatic rings. The largest absolute Gasteiger partial charge is 0.473 e. The average molecular weight is 304 g/mol. The normalized spacial score (nSPS) is 19.7. The first-order valence-electron chi connectivity index (χ1n) is 6.72. The maximum atomic E-state index is 10.8. The van der Waals surface area contributed by atoms with Crippen molar-refractivity contribution in [2.45, 2.75) is 39.7 Å². The second kappa shape index (κ2) is 8.46. The number of piperidine rings is 1. The molecule has 8 heteroatoms. The maximum absolute atomic E-state index is 10.8. The average Bonchev–Trinajstić information content (AvgIpc) is 2.36. The summed E-state index contributed by atoms with van der Waals surface area (Å²) < 4.78 is 0. The van der Waals surface area contributed by atoms with Crippen LogP contribution >= 0.6 is 0 Å². The van der Waals surface area contributed by atoms with Crippen LogP contribution in [0.5, 0.6) is 0 Å². The van der Waals surface area contributed by atoms with Crippen molar-refractivity contribution in [3.8, 4) is 0 Å². The van der Waals surface area contributed by atoms with Gasteiger partial charge in [0.2, 0.25) is 0 Å². The van der Waals surface area contributed by atoms with E-state index in [9.17, 15) is 4.79 Å². The number of hydrogen-bond donors (Lipinski definition) is 5. The predicted molar refractivity (Wildman–Crippen MR) is 75.3 cm³/mol. The van der Waals surface area contributed by atoms with Gasteiger partial charge in [0.25, 0.3) is 0 Å². The van der Waals surface area contributed by atoms with Gasteiger partial charge < -0.3 is 26.0 Å².